The minimum Gasteiger partial charge on any atom is -0.480 e. The van der Waals surface area contributed by atoms with Gasteiger partial charge in [0.25, 0.3) is 0 Å². The van der Waals surface area contributed by atoms with Crippen LogP contribution in [0.3, 0.4) is 0 Å². The van der Waals surface area contributed by atoms with E-state index in [1.54, 1.807) is 6.92 Å². The van der Waals surface area contributed by atoms with E-state index in [0.717, 1.165) is 18.8 Å². The summed E-state index contributed by atoms with van der Waals surface area (Å²) in [7, 11) is 0. The van der Waals surface area contributed by atoms with Crippen molar-refractivity contribution in [2.24, 2.45) is 5.92 Å². The van der Waals surface area contributed by atoms with Crippen LogP contribution in [0.1, 0.15) is 52.4 Å². The van der Waals surface area contributed by atoms with Crippen molar-refractivity contribution in [2.75, 3.05) is 0 Å². The van der Waals surface area contributed by atoms with Gasteiger partial charge in [0.15, 0.2) is 0 Å². The Morgan fingerprint density at radius 1 is 1.40 bits per heavy atom. The van der Waals surface area contributed by atoms with Gasteiger partial charge in [-0.2, -0.15) is 0 Å². The fourth-order valence-corrected chi connectivity index (χ4v) is 2.45. The Morgan fingerprint density at radius 2 is 2.00 bits per heavy atom. The zero-order chi connectivity index (χ0) is 11.3. The van der Waals surface area contributed by atoms with Gasteiger partial charge in [0.2, 0.25) is 0 Å². The molecule has 1 rings (SSSR count). The molecule has 88 valence electrons. The van der Waals surface area contributed by atoms with Gasteiger partial charge in [-0.1, -0.05) is 19.8 Å². The largest absolute Gasteiger partial charge is 0.480 e. The van der Waals surface area contributed by atoms with Crippen LogP contribution in [0.25, 0.3) is 0 Å². The molecule has 0 aromatic heterocycles. The summed E-state index contributed by atoms with van der Waals surface area (Å²) in [6.07, 6.45) is 7.41. The van der Waals surface area contributed by atoms with Crippen molar-refractivity contribution in [1.29, 1.82) is 0 Å². The summed E-state index contributed by atoms with van der Waals surface area (Å²) in [5.74, 6) is 0.138. The third-order valence-corrected chi connectivity index (χ3v) is 3.40. The molecule has 2 N–H and O–H groups in total. The maximum absolute atomic E-state index is 10.7. The molecule has 1 fully saturated rings. The molecule has 0 spiro atoms. The number of nitrogens with one attached hydrogen (secondary N) is 1. The van der Waals surface area contributed by atoms with Crippen molar-refractivity contribution >= 4 is 5.97 Å². The Labute approximate surface area is 92.3 Å². The molecular formula is C12H23NO2. The lowest BCUT2D eigenvalue weighted by Crippen LogP contribution is -2.43. The molecule has 0 amide bonds. The van der Waals surface area contributed by atoms with Crippen molar-refractivity contribution in [1.82, 2.24) is 5.32 Å². The molecule has 0 bridgehead atoms. The fraction of sp³-hybridized carbons (Fsp3) is 0.917. The smallest absolute Gasteiger partial charge is 0.320 e. The van der Waals surface area contributed by atoms with Gasteiger partial charge in [-0.25, -0.2) is 0 Å². The average Bonchev–Trinajstić information content (AvgIpc) is 2.21. The first-order chi connectivity index (χ1) is 7.13. The van der Waals surface area contributed by atoms with E-state index in [2.05, 4.69) is 12.2 Å². The normalized spacial score (nSPS) is 28.7. The molecule has 0 aliphatic heterocycles. The lowest BCUT2D eigenvalue weighted by atomic mass is 9.83. The molecule has 1 aliphatic rings. The zero-order valence-electron chi connectivity index (χ0n) is 9.83. The molecule has 0 saturated heterocycles. The Bertz CT molecular complexity index is 198. The van der Waals surface area contributed by atoms with Crippen LogP contribution in [-0.4, -0.2) is 23.2 Å². The van der Waals surface area contributed by atoms with Gasteiger partial charge in [0, 0.05) is 6.04 Å². The molecule has 0 aromatic carbocycles. The van der Waals surface area contributed by atoms with E-state index in [1.165, 1.54) is 25.7 Å². The standard InChI is InChI=1S/C12H23NO2/c1-3-4-10-5-7-11(8-6-10)13-9(2)12(14)15/h9-11,13H,3-8H2,1-2H3,(H,14,15)/t9-,10?,11?/m0/s1. The summed E-state index contributed by atoms with van der Waals surface area (Å²) in [4.78, 5) is 10.7. The van der Waals surface area contributed by atoms with Crippen LogP contribution < -0.4 is 5.32 Å². The van der Waals surface area contributed by atoms with Gasteiger partial charge in [-0.15, -0.1) is 0 Å². The topological polar surface area (TPSA) is 49.3 Å². The van der Waals surface area contributed by atoms with Gasteiger partial charge in [-0.3, -0.25) is 4.79 Å². The number of hydrogen-bond acceptors (Lipinski definition) is 2. The van der Waals surface area contributed by atoms with Crippen LogP contribution in [-0.2, 0) is 4.79 Å². The fourth-order valence-electron chi connectivity index (χ4n) is 2.45. The van der Waals surface area contributed by atoms with Gasteiger partial charge >= 0.3 is 5.97 Å². The molecule has 3 nitrogen and oxygen atoms in total. The number of aliphatic carboxylic acids is 1. The summed E-state index contributed by atoms with van der Waals surface area (Å²) in [6.45, 7) is 3.96. The number of rotatable bonds is 5. The average molecular weight is 213 g/mol. The molecule has 15 heavy (non-hydrogen) atoms. The minimum absolute atomic E-state index is 0.405. The lowest BCUT2D eigenvalue weighted by molar-refractivity contribution is -0.139. The number of carbonyl (C=O) groups is 1. The van der Waals surface area contributed by atoms with Crippen molar-refractivity contribution in [2.45, 2.75) is 64.5 Å². The van der Waals surface area contributed by atoms with E-state index in [4.69, 9.17) is 5.11 Å². The Hall–Kier alpha value is -0.570. The Balaban J connectivity index is 2.22. The van der Waals surface area contributed by atoms with Crippen molar-refractivity contribution in [3.8, 4) is 0 Å². The van der Waals surface area contributed by atoms with Gasteiger partial charge < -0.3 is 10.4 Å². The van der Waals surface area contributed by atoms with Crippen molar-refractivity contribution in [3.63, 3.8) is 0 Å². The maximum atomic E-state index is 10.7. The summed E-state index contributed by atoms with van der Waals surface area (Å²) >= 11 is 0. The molecular weight excluding hydrogens is 190 g/mol. The van der Waals surface area contributed by atoms with Crippen LogP contribution >= 0.6 is 0 Å². The highest BCUT2D eigenvalue weighted by molar-refractivity contribution is 5.72. The highest BCUT2D eigenvalue weighted by atomic mass is 16.4. The first kappa shape index (κ1) is 12.5. The van der Waals surface area contributed by atoms with Crippen LogP contribution in [0.15, 0.2) is 0 Å². The van der Waals surface area contributed by atoms with E-state index in [-0.39, 0.29) is 0 Å². The summed E-state index contributed by atoms with van der Waals surface area (Å²) < 4.78 is 0. The van der Waals surface area contributed by atoms with Crippen molar-refractivity contribution in [3.05, 3.63) is 0 Å². The molecule has 0 unspecified atom stereocenters. The minimum atomic E-state index is -0.745. The number of hydrogen-bond donors (Lipinski definition) is 2. The summed E-state index contributed by atoms with van der Waals surface area (Å²) in [5.41, 5.74) is 0. The lowest BCUT2D eigenvalue weighted by Gasteiger charge is -2.30. The molecule has 0 radical (unpaired) electrons. The molecule has 1 aliphatic carbocycles. The molecule has 3 heteroatoms. The summed E-state index contributed by atoms with van der Waals surface area (Å²) in [5, 5.41) is 12.0. The first-order valence-electron chi connectivity index (χ1n) is 6.12. The van der Waals surface area contributed by atoms with Crippen LogP contribution in [0.4, 0.5) is 0 Å². The molecule has 1 saturated carbocycles. The van der Waals surface area contributed by atoms with Crippen LogP contribution in [0, 0.1) is 5.92 Å². The zero-order valence-corrected chi connectivity index (χ0v) is 9.83. The molecule has 0 aromatic rings. The van der Waals surface area contributed by atoms with Gasteiger partial charge in [0.05, 0.1) is 0 Å². The predicted molar refractivity (Wildman–Crippen MR) is 60.9 cm³/mol. The SMILES string of the molecule is CCCC1CCC(N[C@@H](C)C(=O)O)CC1. The van der Waals surface area contributed by atoms with Crippen molar-refractivity contribution < 1.29 is 9.90 Å². The highest BCUT2D eigenvalue weighted by Gasteiger charge is 2.23. The Kier molecular flexibility index (Phi) is 5.09. The predicted octanol–water partition coefficient (Wildman–Crippen LogP) is 2.41. The third kappa shape index (κ3) is 4.20. The quantitative estimate of drug-likeness (QED) is 0.737. The van der Waals surface area contributed by atoms with E-state index in [9.17, 15) is 4.79 Å². The monoisotopic (exact) mass is 213 g/mol. The van der Waals surface area contributed by atoms with Crippen LogP contribution in [0.5, 0.6) is 0 Å². The number of carboxylic acid groups (broad SMARTS) is 1. The van der Waals surface area contributed by atoms with Gasteiger partial charge in [0.1, 0.15) is 6.04 Å². The van der Waals surface area contributed by atoms with Gasteiger partial charge in [-0.05, 0) is 38.5 Å². The Morgan fingerprint density at radius 3 is 2.47 bits per heavy atom. The second-order valence-corrected chi connectivity index (χ2v) is 4.73. The number of carboxylic acids is 1. The second kappa shape index (κ2) is 6.11. The molecule has 1 atom stereocenters. The third-order valence-electron chi connectivity index (χ3n) is 3.40. The van der Waals surface area contributed by atoms with E-state index >= 15 is 0 Å². The van der Waals surface area contributed by atoms with E-state index in [1.807, 2.05) is 0 Å². The molecule has 0 heterocycles. The highest BCUT2D eigenvalue weighted by Crippen LogP contribution is 2.27. The van der Waals surface area contributed by atoms with E-state index in [0.29, 0.717) is 6.04 Å². The van der Waals surface area contributed by atoms with E-state index < -0.39 is 12.0 Å². The summed E-state index contributed by atoms with van der Waals surface area (Å²) in [6, 6.07) is 0.0157. The first-order valence-corrected chi connectivity index (χ1v) is 6.12. The maximum Gasteiger partial charge on any atom is 0.320 e. The second-order valence-electron chi connectivity index (χ2n) is 4.73. The van der Waals surface area contributed by atoms with Crippen LogP contribution in [0.2, 0.25) is 0 Å².